The Kier molecular flexibility index (Phi) is 8.47. The molecule has 1 atom stereocenters. The van der Waals surface area contributed by atoms with Gasteiger partial charge < -0.3 is 9.64 Å². The molecule has 176 valence electrons. The van der Waals surface area contributed by atoms with Gasteiger partial charge in [-0.3, -0.25) is 9.69 Å². The van der Waals surface area contributed by atoms with Crippen molar-refractivity contribution >= 4 is 23.7 Å². The number of carbonyl (C=O) groups is 1. The number of amides is 1. The van der Waals surface area contributed by atoms with E-state index in [2.05, 4.69) is 9.88 Å². The average molecular weight is 471 g/mol. The van der Waals surface area contributed by atoms with Crippen LogP contribution in [0.4, 0.5) is 4.39 Å². The van der Waals surface area contributed by atoms with Gasteiger partial charge in [-0.2, -0.15) is 0 Å². The molecule has 2 saturated heterocycles. The number of likely N-dealkylation sites (tertiary alicyclic amines) is 1. The molecule has 1 unspecified atom stereocenters. The van der Waals surface area contributed by atoms with Crippen LogP contribution in [0.5, 0.6) is 0 Å². The predicted molar refractivity (Wildman–Crippen MR) is 129 cm³/mol. The molecule has 3 heterocycles. The van der Waals surface area contributed by atoms with Gasteiger partial charge in [0.2, 0.25) is 5.91 Å². The topological polar surface area (TPSA) is 58.6 Å². The summed E-state index contributed by atoms with van der Waals surface area (Å²) in [7, 11) is 0. The van der Waals surface area contributed by atoms with Crippen molar-refractivity contribution in [1.82, 2.24) is 19.8 Å². The molecule has 4 rings (SSSR count). The molecular formula is C25H31FN4O2S. The first-order valence-corrected chi connectivity index (χ1v) is 12.6. The van der Waals surface area contributed by atoms with Crippen LogP contribution in [0.1, 0.15) is 35.6 Å². The lowest BCUT2D eigenvalue weighted by molar-refractivity contribution is -0.127. The van der Waals surface area contributed by atoms with Gasteiger partial charge in [0.05, 0.1) is 18.9 Å². The smallest absolute Gasteiger partial charge is 0.246 e. The summed E-state index contributed by atoms with van der Waals surface area (Å²) in [5.41, 5.74) is 2.94. The van der Waals surface area contributed by atoms with Crippen molar-refractivity contribution in [2.75, 3.05) is 51.7 Å². The third kappa shape index (κ3) is 6.85. The molecule has 1 amide bonds. The zero-order chi connectivity index (χ0) is 23.0. The number of ether oxygens (including phenoxy) is 1. The van der Waals surface area contributed by atoms with Crippen LogP contribution in [-0.2, 0) is 9.53 Å². The summed E-state index contributed by atoms with van der Waals surface area (Å²) >= 11 is 1.69. The second-order valence-electron chi connectivity index (χ2n) is 8.53. The lowest BCUT2D eigenvalue weighted by atomic mass is 9.92. The average Bonchev–Trinajstić information content (AvgIpc) is 2.85. The fourth-order valence-corrected chi connectivity index (χ4v) is 5.08. The first-order valence-electron chi connectivity index (χ1n) is 11.6. The maximum absolute atomic E-state index is 13.1. The van der Waals surface area contributed by atoms with Crippen LogP contribution in [-0.4, -0.2) is 77.4 Å². The molecule has 8 heteroatoms. The molecule has 0 bridgehead atoms. The van der Waals surface area contributed by atoms with Crippen molar-refractivity contribution in [3.8, 4) is 0 Å². The minimum absolute atomic E-state index is 0.0177. The molecule has 2 fully saturated rings. The first kappa shape index (κ1) is 23.9. The van der Waals surface area contributed by atoms with Crippen LogP contribution >= 0.6 is 11.8 Å². The molecule has 2 aromatic rings. The van der Waals surface area contributed by atoms with Crippen LogP contribution < -0.4 is 0 Å². The molecule has 1 aromatic heterocycles. The normalized spacial score (nSPS) is 19.8. The number of hydrogen-bond acceptors (Lipinski definition) is 6. The van der Waals surface area contributed by atoms with Gasteiger partial charge in [0.1, 0.15) is 5.82 Å². The quantitative estimate of drug-likeness (QED) is 0.349. The van der Waals surface area contributed by atoms with E-state index in [9.17, 15) is 9.18 Å². The summed E-state index contributed by atoms with van der Waals surface area (Å²) in [5.74, 6) is 0.863. The molecule has 0 N–H and O–H groups in total. The Hall–Kier alpha value is -2.29. The molecule has 2 aliphatic rings. The summed E-state index contributed by atoms with van der Waals surface area (Å²) in [6.45, 7) is 8.05. The number of aromatic nitrogens is 2. The maximum atomic E-state index is 13.1. The molecule has 0 radical (unpaired) electrons. The molecule has 6 nitrogen and oxygen atoms in total. The Morgan fingerprint density at radius 1 is 1.24 bits per heavy atom. The van der Waals surface area contributed by atoms with Gasteiger partial charge in [-0.25, -0.2) is 14.4 Å². The van der Waals surface area contributed by atoms with Gasteiger partial charge in [0.15, 0.2) is 5.16 Å². The Bertz CT molecular complexity index is 963. The Labute approximate surface area is 199 Å². The summed E-state index contributed by atoms with van der Waals surface area (Å²) < 4.78 is 18.5. The number of benzene rings is 1. The lowest BCUT2D eigenvalue weighted by Gasteiger charge is -2.32. The third-order valence-electron chi connectivity index (χ3n) is 6.14. The van der Waals surface area contributed by atoms with Gasteiger partial charge in [0, 0.05) is 56.7 Å². The van der Waals surface area contributed by atoms with Crippen molar-refractivity contribution in [2.45, 2.75) is 30.8 Å². The fraction of sp³-hybridized carbons (Fsp3) is 0.480. The summed E-state index contributed by atoms with van der Waals surface area (Å²) in [4.78, 5) is 26.5. The maximum Gasteiger partial charge on any atom is 0.246 e. The van der Waals surface area contributed by atoms with Crippen molar-refractivity contribution in [3.63, 3.8) is 0 Å². The molecular weight excluding hydrogens is 439 g/mol. The number of nitrogens with zero attached hydrogens (tertiary/aromatic N) is 4. The number of thioether (sulfide) groups is 1. The third-order valence-corrected chi connectivity index (χ3v) is 6.98. The van der Waals surface area contributed by atoms with E-state index in [1.807, 2.05) is 18.0 Å². The van der Waals surface area contributed by atoms with E-state index in [-0.39, 0.29) is 17.6 Å². The second kappa shape index (κ2) is 11.7. The van der Waals surface area contributed by atoms with Crippen molar-refractivity contribution in [2.24, 2.45) is 0 Å². The number of piperidine rings is 1. The van der Waals surface area contributed by atoms with E-state index >= 15 is 0 Å². The summed E-state index contributed by atoms with van der Waals surface area (Å²) in [6, 6.07) is 6.13. The Morgan fingerprint density at radius 3 is 2.82 bits per heavy atom. The van der Waals surface area contributed by atoms with E-state index in [0.29, 0.717) is 6.54 Å². The number of halogens is 1. The highest BCUT2D eigenvalue weighted by Gasteiger charge is 2.26. The minimum atomic E-state index is -0.281. The number of carbonyl (C=O) groups excluding carboxylic acids is 1. The molecule has 33 heavy (non-hydrogen) atoms. The van der Waals surface area contributed by atoms with E-state index < -0.39 is 0 Å². The predicted octanol–water partition coefficient (Wildman–Crippen LogP) is 3.77. The first-order chi connectivity index (χ1) is 16.1. The van der Waals surface area contributed by atoms with Crippen molar-refractivity contribution in [1.29, 1.82) is 0 Å². The highest BCUT2D eigenvalue weighted by atomic mass is 32.2. The van der Waals surface area contributed by atoms with Crippen LogP contribution in [0.15, 0.2) is 41.7 Å². The molecule has 0 saturated carbocycles. The monoisotopic (exact) mass is 470 g/mol. The van der Waals surface area contributed by atoms with Gasteiger partial charge >= 0.3 is 0 Å². The van der Waals surface area contributed by atoms with Crippen LogP contribution in [0, 0.1) is 12.7 Å². The largest absolute Gasteiger partial charge is 0.379 e. The van der Waals surface area contributed by atoms with E-state index in [1.54, 1.807) is 36.0 Å². The molecule has 0 spiro atoms. The highest BCUT2D eigenvalue weighted by Crippen LogP contribution is 2.29. The summed E-state index contributed by atoms with van der Waals surface area (Å²) in [5, 5.41) is 0.809. The van der Waals surface area contributed by atoms with Crippen LogP contribution in [0.25, 0.3) is 6.08 Å². The Balaban J connectivity index is 1.35. The highest BCUT2D eigenvalue weighted by molar-refractivity contribution is 7.99. The fourth-order valence-electron chi connectivity index (χ4n) is 4.26. The van der Waals surface area contributed by atoms with E-state index in [4.69, 9.17) is 9.72 Å². The van der Waals surface area contributed by atoms with Crippen LogP contribution in [0.3, 0.4) is 0 Å². The van der Waals surface area contributed by atoms with Crippen molar-refractivity contribution < 1.29 is 13.9 Å². The Morgan fingerprint density at radius 2 is 2.03 bits per heavy atom. The molecule has 2 aliphatic heterocycles. The van der Waals surface area contributed by atoms with Crippen LogP contribution in [0.2, 0.25) is 0 Å². The number of morpholine rings is 1. The number of hydrogen-bond donors (Lipinski definition) is 0. The lowest BCUT2D eigenvalue weighted by Crippen LogP contribution is -2.38. The van der Waals surface area contributed by atoms with E-state index in [1.165, 1.54) is 12.1 Å². The number of rotatable bonds is 7. The number of aryl methyl sites for hydroxylation is 1. The SMILES string of the molecule is Cc1cnc(SCCN2CCOCC2)nc1C1CCCN(C(=O)/C=C/c2ccc(F)cc2)C1. The summed E-state index contributed by atoms with van der Waals surface area (Å²) in [6.07, 6.45) is 7.19. The van der Waals surface area contributed by atoms with Gasteiger partial charge in [-0.1, -0.05) is 23.9 Å². The van der Waals surface area contributed by atoms with E-state index in [0.717, 1.165) is 80.0 Å². The van der Waals surface area contributed by atoms with Gasteiger partial charge in [-0.05, 0) is 49.1 Å². The minimum Gasteiger partial charge on any atom is -0.379 e. The molecule has 0 aliphatic carbocycles. The zero-order valence-corrected chi connectivity index (χ0v) is 19.9. The second-order valence-corrected chi connectivity index (χ2v) is 9.59. The van der Waals surface area contributed by atoms with Gasteiger partial charge in [-0.15, -0.1) is 0 Å². The molecule has 1 aromatic carbocycles. The van der Waals surface area contributed by atoms with Gasteiger partial charge in [0.25, 0.3) is 0 Å². The standard InChI is InChI=1S/C25H31FN4O2S/c1-19-17-27-25(33-16-13-29-11-14-32-15-12-29)28-24(19)21-3-2-10-30(18-21)23(31)9-6-20-4-7-22(26)8-5-20/h4-9,17,21H,2-3,10-16,18H2,1H3/b9-6+. The van der Waals surface area contributed by atoms with Crippen molar-refractivity contribution in [3.05, 3.63) is 59.2 Å². The zero-order valence-electron chi connectivity index (χ0n) is 19.1.